The zero-order valence-electron chi connectivity index (χ0n) is 5.11. The third-order valence-corrected chi connectivity index (χ3v) is 1.95. The van der Waals surface area contributed by atoms with E-state index in [1.54, 1.807) is 0 Å². The molecule has 1 heteroatoms. The van der Waals surface area contributed by atoms with E-state index in [9.17, 15) is 0 Å². The summed E-state index contributed by atoms with van der Waals surface area (Å²) in [5.41, 5.74) is 5.80. The van der Waals surface area contributed by atoms with Crippen molar-refractivity contribution in [2.45, 2.75) is 13.8 Å². The van der Waals surface area contributed by atoms with Crippen LogP contribution in [0.25, 0.3) is 0 Å². The second-order valence-corrected chi connectivity index (χ2v) is 2.50. The molecule has 0 saturated heterocycles. The van der Waals surface area contributed by atoms with E-state index in [1.165, 1.54) is 11.1 Å². The number of allylic oxidation sites excluding steroid dienone is 1. The Bertz CT molecular complexity index is 142. The molecular weight excluding hydrogens is 120 g/mol. The molecule has 0 spiro atoms. The van der Waals surface area contributed by atoms with Gasteiger partial charge in [-0.05, 0) is 17.4 Å². The zero-order valence-corrected chi connectivity index (χ0v) is 5.87. The monoisotopic (exact) mass is 128 g/mol. The summed E-state index contributed by atoms with van der Waals surface area (Å²) >= 11 is 5.31. The molecule has 0 aromatic heterocycles. The maximum Gasteiger partial charge on any atom is 0.0462 e. The number of rotatable bonds is 0. The van der Waals surface area contributed by atoms with E-state index in [0.717, 1.165) is 11.8 Å². The van der Waals surface area contributed by atoms with Crippen molar-refractivity contribution in [2.75, 3.05) is 0 Å². The summed E-state index contributed by atoms with van der Waals surface area (Å²) < 4.78 is 0. The van der Waals surface area contributed by atoms with Gasteiger partial charge in [0.25, 0.3) is 0 Å². The fourth-order valence-corrected chi connectivity index (χ4v) is 1.02. The van der Waals surface area contributed by atoms with E-state index in [1.807, 2.05) is 0 Å². The van der Waals surface area contributed by atoms with Crippen LogP contribution in [0.15, 0.2) is 16.8 Å². The van der Waals surface area contributed by atoms with Gasteiger partial charge in [-0.15, -0.1) is 5.73 Å². The summed E-state index contributed by atoms with van der Waals surface area (Å²) in [4.78, 5) is 0. The summed E-state index contributed by atoms with van der Waals surface area (Å²) in [5, 5.41) is 0. The SMILES string of the molecule is CC1C(=C=CCl)C1C. The van der Waals surface area contributed by atoms with Gasteiger partial charge < -0.3 is 0 Å². The maximum atomic E-state index is 5.31. The first kappa shape index (κ1) is 5.94. The Morgan fingerprint density at radius 3 is 2.12 bits per heavy atom. The van der Waals surface area contributed by atoms with Crippen LogP contribution < -0.4 is 0 Å². The van der Waals surface area contributed by atoms with E-state index in [-0.39, 0.29) is 0 Å². The predicted octanol–water partition coefficient (Wildman–Crippen LogP) is 2.55. The lowest BCUT2D eigenvalue weighted by atomic mass is 10.4. The van der Waals surface area contributed by atoms with Crippen molar-refractivity contribution in [3.05, 3.63) is 16.8 Å². The van der Waals surface area contributed by atoms with Crippen molar-refractivity contribution in [1.82, 2.24) is 0 Å². The van der Waals surface area contributed by atoms with Crippen LogP contribution in [0.5, 0.6) is 0 Å². The smallest absolute Gasteiger partial charge is 0.0462 e. The average Bonchev–Trinajstić information content (AvgIpc) is 2.25. The van der Waals surface area contributed by atoms with Crippen molar-refractivity contribution < 1.29 is 0 Å². The molecule has 2 unspecified atom stereocenters. The standard InChI is InChI=1S/C7H9Cl/c1-5-6(2)7(5)3-4-8/h4-6H,1-2H3. The lowest BCUT2D eigenvalue weighted by Crippen LogP contribution is -1.58. The molecule has 1 rings (SSSR count). The normalized spacial score (nSPS) is 34.1. The highest BCUT2D eigenvalue weighted by Crippen LogP contribution is 2.43. The van der Waals surface area contributed by atoms with Crippen molar-refractivity contribution in [3.63, 3.8) is 0 Å². The van der Waals surface area contributed by atoms with Crippen LogP contribution in [0.4, 0.5) is 0 Å². The summed E-state index contributed by atoms with van der Waals surface area (Å²) in [7, 11) is 0. The zero-order chi connectivity index (χ0) is 6.15. The third kappa shape index (κ3) is 0.819. The minimum atomic E-state index is 0.727. The average molecular weight is 129 g/mol. The van der Waals surface area contributed by atoms with Crippen LogP contribution in [0.2, 0.25) is 0 Å². The first-order valence-corrected chi connectivity index (χ1v) is 3.26. The molecule has 8 heavy (non-hydrogen) atoms. The van der Waals surface area contributed by atoms with Crippen LogP contribution in [-0.2, 0) is 0 Å². The van der Waals surface area contributed by atoms with Gasteiger partial charge in [0.1, 0.15) is 0 Å². The summed E-state index contributed by atoms with van der Waals surface area (Å²) in [6.45, 7) is 4.38. The number of hydrogen-bond acceptors (Lipinski definition) is 0. The second-order valence-electron chi connectivity index (χ2n) is 2.29. The molecule has 0 aliphatic heterocycles. The molecule has 1 aliphatic rings. The van der Waals surface area contributed by atoms with E-state index in [0.29, 0.717) is 0 Å². The maximum absolute atomic E-state index is 5.31. The molecule has 0 amide bonds. The van der Waals surface area contributed by atoms with E-state index in [4.69, 9.17) is 11.6 Å². The summed E-state index contributed by atoms with van der Waals surface area (Å²) in [6, 6.07) is 0. The Morgan fingerprint density at radius 1 is 1.50 bits per heavy atom. The molecular formula is C7H9Cl. The summed E-state index contributed by atoms with van der Waals surface area (Å²) in [5.74, 6) is 1.45. The Labute approximate surface area is 54.8 Å². The highest BCUT2D eigenvalue weighted by Gasteiger charge is 2.35. The molecule has 0 heterocycles. The molecule has 1 aliphatic carbocycles. The molecule has 0 bridgehead atoms. The van der Waals surface area contributed by atoms with Gasteiger partial charge in [-0.1, -0.05) is 25.4 Å². The lowest BCUT2D eigenvalue weighted by molar-refractivity contribution is 0.834. The van der Waals surface area contributed by atoms with Gasteiger partial charge in [0.2, 0.25) is 0 Å². The Kier molecular flexibility index (Phi) is 1.46. The van der Waals surface area contributed by atoms with Gasteiger partial charge in [0.05, 0.1) is 0 Å². The van der Waals surface area contributed by atoms with Crippen molar-refractivity contribution in [3.8, 4) is 0 Å². The molecule has 0 nitrogen and oxygen atoms in total. The lowest BCUT2D eigenvalue weighted by Gasteiger charge is -1.64. The van der Waals surface area contributed by atoms with Gasteiger partial charge in [-0.3, -0.25) is 0 Å². The largest absolute Gasteiger partial charge is 0.109 e. The predicted molar refractivity (Wildman–Crippen MR) is 35.8 cm³/mol. The van der Waals surface area contributed by atoms with Gasteiger partial charge in [-0.2, -0.15) is 0 Å². The van der Waals surface area contributed by atoms with Crippen LogP contribution in [0.1, 0.15) is 13.8 Å². The fourth-order valence-electron chi connectivity index (χ4n) is 0.893. The quantitative estimate of drug-likeness (QED) is 0.440. The highest BCUT2D eigenvalue weighted by atomic mass is 35.5. The molecule has 44 valence electrons. The minimum Gasteiger partial charge on any atom is -0.109 e. The second kappa shape index (κ2) is 1.97. The third-order valence-electron chi connectivity index (χ3n) is 1.84. The Hall–Kier alpha value is -0.190. The number of halogens is 1. The highest BCUT2D eigenvalue weighted by molar-refractivity contribution is 6.25. The topological polar surface area (TPSA) is 0 Å². The molecule has 1 fully saturated rings. The van der Waals surface area contributed by atoms with Crippen molar-refractivity contribution >= 4 is 11.6 Å². The summed E-state index contributed by atoms with van der Waals surface area (Å²) in [6.07, 6.45) is 0. The minimum absolute atomic E-state index is 0.727. The molecule has 0 N–H and O–H groups in total. The van der Waals surface area contributed by atoms with Gasteiger partial charge >= 0.3 is 0 Å². The van der Waals surface area contributed by atoms with Crippen LogP contribution in [-0.4, -0.2) is 0 Å². The van der Waals surface area contributed by atoms with E-state index in [2.05, 4.69) is 19.6 Å². The van der Waals surface area contributed by atoms with E-state index < -0.39 is 0 Å². The van der Waals surface area contributed by atoms with Gasteiger partial charge in [0.15, 0.2) is 0 Å². The van der Waals surface area contributed by atoms with Crippen LogP contribution in [0, 0.1) is 11.8 Å². The first-order chi connectivity index (χ1) is 3.77. The van der Waals surface area contributed by atoms with Gasteiger partial charge in [-0.25, -0.2) is 0 Å². The molecule has 0 aromatic rings. The van der Waals surface area contributed by atoms with Crippen LogP contribution >= 0.6 is 11.6 Å². The first-order valence-electron chi connectivity index (χ1n) is 2.82. The molecule has 1 saturated carbocycles. The molecule has 0 radical (unpaired) electrons. The Morgan fingerprint density at radius 2 is 2.00 bits per heavy atom. The Balaban J connectivity index is 2.69. The molecule has 0 aromatic carbocycles. The number of hydrogen-bond donors (Lipinski definition) is 0. The van der Waals surface area contributed by atoms with Gasteiger partial charge in [0, 0.05) is 5.54 Å². The van der Waals surface area contributed by atoms with E-state index >= 15 is 0 Å². The van der Waals surface area contributed by atoms with Crippen molar-refractivity contribution in [1.29, 1.82) is 0 Å². The molecule has 2 atom stereocenters. The fraction of sp³-hybridized carbons (Fsp3) is 0.571. The van der Waals surface area contributed by atoms with Crippen LogP contribution in [0.3, 0.4) is 0 Å². The van der Waals surface area contributed by atoms with Crippen molar-refractivity contribution in [2.24, 2.45) is 11.8 Å².